The van der Waals surface area contributed by atoms with Crippen LogP contribution >= 0.6 is 0 Å². The molecule has 3 N–H and O–H groups in total. The fraction of sp³-hybridized carbons (Fsp3) is 0.455. The Morgan fingerprint density at radius 2 is 2.06 bits per heavy atom. The number of hydrogen-bond acceptors (Lipinski definition) is 3. The van der Waals surface area contributed by atoms with Crippen molar-refractivity contribution in [3.8, 4) is 0 Å². The Balaban J connectivity index is 3.00. The van der Waals surface area contributed by atoms with E-state index < -0.39 is 10.0 Å². The predicted octanol–water partition coefficient (Wildman–Crippen LogP) is 1.85. The van der Waals surface area contributed by atoms with E-state index >= 15 is 0 Å². The zero-order valence-corrected chi connectivity index (χ0v) is 10.5. The first-order valence-corrected chi connectivity index (χ1v) is 6.87. The van der Waals surface area contributed by atoms with E-state index in [4.69, 9.17) is 5.14 Å². The third-order valence-electron chi connectivity index (χ3n) is 2.29. The third kappa shape index (κ3) is 3.50. The van der Waals surface area contributed by atoms with E-state index in [-0.39, 0.29) is 4.90 Å². The van der Waals surface area contributed by atoms with Crippen LogP contribution in [-0.2, 0) is 10.0 Å². The molecular formula is C11H18N2O2S. The second-order valence-corrected chi connectivity index (χ2v) is 5.35. The number of nitrogens with one attached hydrogen (secondary N) is 1. The van der Waals surface area contributed by atoms with Gasteiger partial charge in [-0.25, -0.2) is 13.6 Å². The van der Waals surface area contributed by atoms with Crippen LogP contribution in [0.15, 0.2) is 23.1 Å². The summed E-state index contributed by atoms with van der Waals surface area (Å²) < 4.78 is 22.7. The van der Waals surface area contributed by atoms with Crippen LogP contribution in [0, 0.1) is 6.92 Å². The molecule has 5 heteroatoms. The summed E-state index contributed by atoms with van der Waals surface area (Å²) >= 11 is 0. The van der Waals surface area contributed by atoms with Gasteiger partial charge in [0.2, 0.25) is 10.0 Å². The molecule has 0 aliphatic rings. The van der Waals surface area contributed by atoms with E-state index in [0.717, 1.165) is 24.9 Å². The maximum atomic E-state index is 11.3. The standard InChI is InChI=1S/C11H18N2O2S/c1-3-4-7-13-10-8-9(2)5-6-11(10)16(12,14)15/h5-6,8,13H,3-4,7H2,1-2H3,(H2,12,14,15). The maximum absolute atomic E-state index is 11.3. The Labute approximate surface area is 96.9 Å². The number of aryl methyl sites for hydroxylation is 1. The van der Waals surface area contributed by atoms with Crippen molar-refractivity contribution in [1.82, 2.24) is 0 Å². The van der Waals surface area contributed by atoms with Crippen LogP contribution in [0.5, 0.6) is 0 Å². The van der Waals surface area contributed by atoms with E-state index in [1.165, 1.54) is 0 Å². The van der Waals surface area contributed by atoms with Gasteiger partial charge in [0, 0.05) is 6.54 Å². The van der Waals surface area contributed by atoms with Crippen LogP contribution in [0.4, 0.5) is 5.69 Å². The van der Waals surface area contributed by atoms with Crippen LogP contribution in [0.25, 0.3) is 0 Å². The topological polar surface area (TPSA) is 72.2 Å². The smallest absolute Gasteiger partial charge is 0.240 e. The van der Waals surface area contributed by atoms with E-state index in [1.807, 2.05) is 6.92 Å². The average Bonchev–Trinajstić information content (AvgIpc) is 2.16. The number of rotatable bonds is 5. The van der Waals surface area contributed by atoms with Gasteiger partial charge in [-0.1, -0.05) is 19.4 Å². The average molecular weight is 242 g/mol. The van der Waals surface area contributed by atoms with Crippen molar-refractivity contribution >= 4 is 15.7 Å². The molecule has 0 saturated heterocycles. The summed E-state index contributed by atoms with van der Waals surface area (Å²) in [5, 5.41) is 8.25. The van der Waals surface area contributed by atoms with Gasteiger partial charge in [0.15, 0.2) is 0 Å². The highest BCUT2D eigenvalue weighted by molar-refractivity contribution is 7.89. The molecule has 16 heavy (non-hydrogen) atoms. The van der Waals surface area contributed by atoms with Gasteiger partial charge in [-0.2, -0.15) is 0 Å². The first-order chi connectivity index (χ1) is 7.45. The Morgan fingerprint density at radius 3 is 2.62 bits per heavy atom. The van der Waals surface area contributed by atoms with Crippen LogP contribution in [0.1, 0.15) is 25.3 Å². The molecule has 0 heterocycles. The molecule has 0 aliphatic carbocycles. The molecule has 0 spiro atoms. The minimum Gasteiger partial charge on any atom is -0.384 e. The lowest BCUT2D eigenvalue weighted by atomic mass is 10.2. The molecule has 0 aliphatic heterocycles. The summed E-state index contributed by atoms with van der Waals surface area (Å²) in [6.07, 6.45) is 2.06. The fourth-order valence-corrected chi connectivity index (χ4v) is 2.13. The van der Waals surface area contributed by atoms with Crippen LogP contribution in [0.3, 0.4) is 0 Å². The van der Waals surface area contributed by atoms with Crippen molar-refractivity contribution in [3.05, 3.63) is 23.8 Å². The zero-order chi connectivity index (χ0) is 12.2. The molecule has 90 valence electrons. The van der Waals surface area contributed by atoms with Gasteiger partial charge in [0.05, 0.1) is 5.69 Å². The Hall–Kier alpha value is -1.07. The van der Waals surface area contributed by atoms with Gasteiger partial charge >= 0.3 is 0 Å². The SMILES string of the molecule is CCCCNc1cc(C)ccc1S(N)(=O)=O. The maximum Gasteiger partial charge on any atom is 0.240 e. The van der Waals surface area contributed by atoms with Crippen LogP contribution in [0.2, 0.25) is 0 Å². The molecule has 0 aromatic heterocycles. The molecule has 1 rings (SSSR count). The molecule has 4 nitrogen and oxygen atoms in total. The monoisotopic (exact) mass is 242 g/mol. The first kappa shape index (κ1) is 13.0. The molecule has 0 fully saturated rings. The minimum atomic E-state index is -3.65. The number of primary sulfonamides is 1. The lowest BCUT2D eigenvalue weighted by molar-refractivity contribution is 0.598. The van der Waals surface area contributed by atoms with E-state index in [9.17, 15) is 8.42 Å². The lowest BCUT2D eigenvalue weighted by Crippen LogP contribution is -2.15. The van der Waals surface area contributed by atoms with E-state index in [0.29, 0.717) is 5.69 Å². The highest BCUT2D eigenvalue weighted by Crippen LogP contribution is 2.21. The van der Waals surface area contributed by atoms with Gasteiger partial charge in [0.25, 0.3) is 0 Å². The summed E-state index contributed by atoms with van der Waals surface area (Å²) in [7, 11) is -3.65. The van der Waals surface area contributed by atoms with Crippen LogP contribution < -0.4 is 10.5 Å². The second-order valence-electron chi connectivity index (χ2n) is 3.82. The van der Waals surface area contributed by atoms with Crippen molar-refractivity contribution in [1.29, 1.82) is 0 Å². The third-order valence-corrected chi connectivity index (χ3v) is 3.26. The van der Waals surface area contributed by atoms with Gasteiger partial charge in [0.1, 0.15) is 4.90 Å². The second kappa shape index (κ2) is 5.32. The van der Waals surface area contributed by atoms with Crippen molar-refractivity contribution in [3.63, 3.8) is 0 Å². The minimum absolute atomic E-state index is 0.161. The lowest BCUT2D eigenvalue weighted by Gasteiger charge is -2.11. The van der Waals surface area contributed by atoms with Gasteiger partial charge in [-0.05, 0) is 31.0 Å². The molecule has 0 radical (unpaired) electrons. The molecule has 1 aromatic rings. The molecule has 1 aromatic carbocycles. The summed E-state index contributed by atoms with van der Waals surface area (Å²) in [4.78, 5) is 0.161. The summed E-state index contributed by atoms with van der Waals surface area (Å²) in [6.45, 7) is 4.75. The van der Waals surface area contributed by atoms with Crippen molar-refractivity contribution in [2.45, 2.75) is 31.6 Å². The number of sulfonamides is 1. The highest BCUT2D eigenvalue weighted by atomic mass is 32.2. The molecule has 0 unspecified atom stereocenters. The van der Waals surface area contributed by atoms with Crippen molar-refractivity contribution < 1.29 is 8.42 Å². The largest absolute Gasteiger partial charge is 0.384 e. The first-order valence-electron chi connectivity index (χ1n) is 5.32. The fourth-order valence-electron chi connectivity index (χ4n) is 1.43. The van der Waals surface area contributed by atoms with E-state index in [2.05, 4.69) is 12.2 Å². The van der Waals surface area contributed by atoms with E-state index in [1.54, 1.807) is 18.2 Å². The van der Waals surface area contributed by atoms with Gasteiger partial charge < -0.3 is 5.32 Å². The molecule has 0 atom stereocenters. The number of benzene rings is 1. The summed E-state index contributed by atoms with van der Waals surface area (Å²) in [6, 6.07) is 5.08. The van der Waals surface area contributed by atoms with Crippen molar-refractivity contribution in [2.75, 3.05) is 11.9 Å². The predicted molar refractivity (Wildman–Crippen MR) is 65.9 cm³/mol. The normalized spacial score (nSPS) is 11.4. The van der Waals surface area contributed by atoms with Crippen LogP contribution in [-0.4, -0.2) is 15.0 Å². The highest BCUT2D eigenvalue weighted by Gasteiger charge is 2.13. The van der Waals surface area contributed by atoms with Crippen molar-refractivity contribution in [2.24, 2.45) is 5.14 Å². The zero-order valence-electron chi connectivity index (χ0n) is 9.66. The Kier molecular flexibility index (Phi) is 4.32. The molecule has 0 amide bonds. The quantitative estimate of drug-likeness (QED) is 0.774. The molecule has 0 saturated carbocycles. The number of unbranched alkanes of at least 4 members (excludes halogenated alkanes) is 1. The van der Waals surface area contributed by atoms with Gasteiger partial charge in [-0.3, -0.25) is 0 Å². The molecular weight excluding hydrogens is 224 g/mol. The Morgan fingerprint density at radius 1 is 1.38 bits per heavy atom. The molecule has 0 bridgehead atoms. The number of nitrogens with two attached hydrogens (primary N) is 1. The summed E-state index contributed by atoms with van der Waals surface area (Å²) in [5.74, 6) is 0. The van der Waals surface area contributed by atoms with Gasteiger partial charge in [-0.15, -0.1) is 0 Å². The summed E-state index contributed by atoms with van der Waals surface area (Å²) in [5.41, 5.74) is 1.60. The number of anilines is 1. The number of hydrogen-bond donors (Lipinski definition) is 2. The Bertz CT molecular complexity index is 455.